The number of fused-ring (bicyclic) bond motifs is 1. The minimum atomic E-state index is -0.0849. The lowest BCUT2D eigenvalue weighted by molar-refractivity contribution is 0.0946. The largest absolute Gasteiger partial charge is 0.345 e. The smallest absolute Gasteiger partial charge is 0.254 e. The van der Waals surface area contributed by atoms with E-state index in [1.54, 1.807) is 18.0 Å². The number of para-hydroxylation sites is 2. The number of amides is 1. The molecule has 1 fully saturated rings. The van der Waals surface area contributed by atoms with Gasteiger partial charge >= 0.3 is 0 Å². The molecular weight excluding hydrogens is 356 g/mol. The zero-order chi connectivity index (χ0) is 18.6. The summed E-state index contributed by atoms with van der Waals surface area (Å²) >= 11 is 1.75. The van der Waals surface area contributed by atoms with Crippen molar-refractivity contribution in [3.05, 3.63) is 54.0 Å². The molecule has 1 saturated carbocycles. The van der Waals surface area contributed by atoms with E-state index in [4.69, 9.17) is 0 Å². The minimum Gasteiger partial charge on any atom is -0.345 e. The van der Waals surface area contributed by atoms with Crippen LogP contribution in [0.5, 0.6) is 0 Å². The number of pyridine rings is 1. The van der Waals surface area contributed by atoms with E-state index in [0.717, 1.165) is 28.4 Å². The van der Waals surface area contributed by atoms with Gasteiger partial charge in [-0.15, -0.1) is 11.8 Å². The van der Waals surface area contributed by atoms with E-state index in [0.29, 0.717) is 17.4 Å². The van der Waals surface area contributed by atoms with E-state index >= 15 is 0 Å². The Bertz CT molecular complexity index is 946. The van der Waals surface area contributed by atoms with Gasteiger partial charge in [0.2, 0.25) is 0 Å². The van der Waals surface area contributed by atoms with Crippen molar-refractivity contribution in [1.29, 1.82) is 0 Å². The molecule has 1 aromatic carbocycles. The molecule has 6 heteroatoms. The van der Waals surface area contributed by atoms with E-state index in [-0.39, 0.29) is 5.91 Å². The molecule has 5 nitrogen and oxygen atoms in total. The van der Waals surface area contributed by atoms with Crippen molar-refractivity contribution in [2.24, 2.45) is 0 Å². The first-order valence-electron chi connectivity index (χ1n) is 9.60. The van der Waals surface area contributed by atoms with Gasteiger partial charge in [-0.3, -0.25) is 4.79 Å². The van der Waals surface area contributed by atoms with E-state index in [2.05, 4.69) is 32.8 Å². The van der Waals surface area contributed by atoms with Gasteiger partial charge < -0.3 is 9.88 Å². The van der Waals surface area contributed by atoms with Crippen molar-refractivity contribution in [3.63, 3.8) is 0 Å². The molecule has 27 heavy (non-hydrogen) atoms. The van der Waals surface area contributed by atoms with Crippen LogP contribution in [0.4, 0.5) is 0 Å². The lowest BCUT2D eigenvalue weighted by atomic mass is 10.2. The van der Waals surface area contributed by atoms with Crippen molar-refractivity contribution in [1.82, 2.24) is 19.9 Å². The van der Waals surface area contributed by atoms with Gasteiger partial charge in [-0.25, -0.2) is 9.97 Å². The Labute approximate surface area is 163 Å². The van der Waals surface area contributed by atoms with Gasteiger partial charge in [-0.2, -0.15) is 0 Å². The van der Waals surface area contributed by atoms with Crippen molar-refractivity contribution in [2.75, 3.05) is 0 Å². The van der Waals surface area contributed by atoms with Crippen LogP contribution in [-0.4, -0.2) is 25.7 Å². The van der Waals surface area contributed by atoms with Crippen molar-refractivity contribution in [3.8, 4) is 0 Å². The summed E-state index contributed by atoms with van der Waals surface area (Å²) in [5.74, 6) is 0.791. The van der Waals surface area contributed by atoms with Crippen LogP contribution in [0.2, 0.25) is 0 Å². The topological polar surface area (TPSA) is 59.8 Å². The first-order chi connectivity index (χ1) is 13.3. The second-order valence-corrected chi connectivity index (χ2v) is 8.11. The third-order valence-corrected chi connectivity index (χ3v) is 6.41. The van der Waals surface area contributed by atoms with Crippen LogP contribution in [0.15, 0.2) is 47.6 Å². The number of carbonyl (C=O) groups is 1. The molecule has 0 atom stereocenters. The molecular formula is C21H24N4OS. The fourth-order valence-corrected chi connectivity index (χ4v) is 4.98. The average Bonchev–Trinajstić information content (AvgIpc) is 3.33. The Balaban J connectivity index is 1.50. The molecule has 0 bridgehead atoms. The van der Waals surface area contributed by atoms with E-state index in [9.17, 15) is 4.79 Å². The van der Waals surface area contributed by atoms with Gasteiger partial charge in [-0.1, -0.05) is 25.0 Å². The van der Waals surface area contributed by atoms with Crippen LogP contribution in [0.25, 0.3) is 11.0 Å². The number of hydrogen-bond acceptors (Lipinski definition) is 4. The molecule has 3 aromatic rings. The third-order valence-electron chi connectivity index (χ3n) is 5.05. The molecule has 4 rings (SSSR count). The van der Waals surface area contributed by atoms with Crippen LogP contribution in [0.3, 0.4) is 0 Å². The highest BCUT2D eigenvalue weighted by atomic mass is 32.2. The molecule has 140 valence electrons. The van der Waals surface area contributed by atoms with Gasteiger partial charge in [0.05, 0.1) is 23.1 Å². The summed E-state index contributed by atoms with van der Waals surface area (Å²) in [5.41, 5.74) is 2.72. The number of imidazole rings is 1. The monoisotopic (exact) mass is 380 g/mol. The number of nitrogens with zero attached hydrogens (tertiary/aromatic N) is 3. The van der Waals surface area contributed by atoms with Gasteiger partial charge in [0.25, 0.3) is 5.91 Å². The van der Waals surface area contributed by atoms with E-state index in [1.807, 2.05) is 30.3 Å². The maximum Gasteiger partial charge on any atom is 0.254 e. The number of benzene rings is 1. The summed E-state index contributed by atoms with van der Waals surface area (Å²) in [7, 11) is 0. The normalized spacial score (nSPS) is 14.7. The molecule has 2 aromatic heterocycles. The van der Waals surface area contributed by atoms with Gasteiger partial charge in [0.15, 0.2) is 0 Å². The van der Waals surface area contributed by atoms with Crippen molar-refractivity contribution >= 4 is 28.7 Å². The van der Waals surface area contributed by atoms with E-state index < -0.39 is 0 Å². The third kappa shape index (κ3) is 3.86. The van der Waals surface area contributed by atoms with Crippen molar-refractivity contribution < 1.29 is 4.79 Å². The molecule has 0 radical (unpaired) electrons. The molecule has 2 heterocycles. The lowest BCUT2D eigenvalue weighted by Gasteiger charge is -2.12. The lowest BCUT2D eigenvalue weighted by Crippen LogP contribution is -2.25. The molecule has 0 unspecified atom stereocenters. The molecule has 0 aliphatic heterocycles. The molecule has 0 saturated heterocycles. The summed E-state index contributed by atoms with van der Waals surface area (Å²) in [6, 6.07) is 11.8. The molecule has 1 N–H and O–H groups in total. The van der Waals surface area contributed by atoms with E-state index in [1.165, 1.54) is 25.7 Å². The average molecular weight is 381 g/mol. The standard InChI is InChI=1S/C21H24N4OS/c1-2-25-18-12-6-5-11-17(18)24-19(25)14-23-20(26)16-10-7-13-22-21(16)27-15-8-3-4-9-15/h5-7,10-13,15H,2-4,8-9,14H2,1H3,(H,23,26). The van der Waals surface area contributed by atoms with Crippen LogP contribution in [0, 0.1) is 0 Å². The first kappa shape index (κ1) is 18.0. The highest BCUT2D eigenvalue weighted by Gasteiger charge is 2.21. The Hall–Kier alpha value is -2.34. The highest BCUT2D eigenvalue weighted by Crippen LogP contribution is 2.35. The number of thioether (sulfide) groups is 1. The van der Waals surface area contributed by atoms with Gasteiger partial charge in [-0.05, 0) is 44.0 Å². The second-order valence-electron chi connectivity index (χ2n) is 6.82. The first-order valence-corrected chi connectivity index (χ1v) is 10.5. The number of nitrogens with one attached hydrogen (secondary N) is 1. The van der Waals surface area contributed by atoms with Crippen LogP contribution < -0.4 is 5.32 Å². The maximum atomic E-state index is 12.8. The molecule has 1 amide bonds. The number of hydrogen-bond donors (Lipinski definition) is 1. The summed E-state index contributed by atoms with van der Waals surface area (Å²) in [6.07, 6.45) is 6.74. The Kier molecular flexibility index (Phi) is 5.43. The number of aromatic nitrogens is 3. The Morgan fingerprint density at radius 3 is 2.85 bits per heavy atom. The Morgan fingerprint density at radius 1 is 1.22 bits per heavy atom. The minimum absolute atomic E-state index is 0.0849. The summed E-state index contributed by atoms with van der Waals surface area (Å²) in [6.45, 7) is 3.32. The van der Waals surface area contributed by atoms with Crippen LogP contribution in [0.1, 0.15) is 48.8 Å². The fourth-order valence-electron chi connectivity index (χ4n) is 3.69. The highest BCUT2D eigenvalue weighted by molar-refractivity contribution is 7.99. The molecule has 1 aliphatic carbocycles. The summed E-state index contributed by atoms with van der Waals surface area (Å²) in [4.78, 5) is 22.0. The summed E-state index contributed by atoms with van der Waals surface area (Å²) in [5, 5.41) is 4.46. The molecule has 1 aliphatic rings. The van der Waals surface area contributed by atoms with Crippen molar-refractivity contribution in [2.45, 2.75) is 56.0 Å². The number of aryl methyl sites for hydroxylation is 1. The quantitative estimate of drug-likeness (QED) is 0.688. The molecule has 0 spiro atoms. The zero-order valence-corrected chi connectivity index (χ0v) is 16.3. The number of rotatable bonds is 6. The predicted molar refractivity (Wildman–Crippen MR) is 109 cm³/mol. The van der Waals surface area contributed by atoms with Crippen LogP contribution in [-0.2, 0) is 13.1 Å². The maximum absolute atomic E-state index is 12.8. The predicted octanol–water partition coefficient (Wildman–Crippen LogP) is 4.42. The van der Waals surface area contributed by atoms with Gasteiger partial charge in [0.1, 0.15) is 10.9 Å². The SMILES string of the molecule is CCn1c(CNC(=O)c2cccnc2SC2CCCC2)nc2ccccc21. The fraction of sp³-hybridized carbons (Fsp3) is 0.381. The second kappa shape index (κ2) is 8.13. The summed E-state index contributed by atoms with van der Waals surface area (Å²) < 4.78 is 2.15. The number of carbonyl (C=O) groups excluding carboxylic acids is 1. The zero-order valence-electron chi connectivity index (χ0n) is 15.5. The Morgan fingerprint density at radius 2 is 2.04 bits per heavy atom. The van der Waals surface area contributed by atoms with Crippen LogP contribution >= 0.6 is 11.8 Å². The van der Waals surface area contributed by atoms with Gasteiger partial charge in [0, 0.05) is 18.0 Å².